The summed E-state index contributed by atoms with van der Waals surface area (Å²) >= 11 is 0. The summed E-state index contributed by atoms with van der Waals surface area (Å²) in [5.41, 5.74) is 1.24. The van der Waals surface area contributed by atoms with Crippen LogP contribution in [0.25, 0.3) is 0 Å². The highest BCUT2D eigenvalue weighted by Crippen LogP contribution is 2.21. The maximum atomic E-state index is 12.4. The van der Waals surface area contributed by atoms with Crippen molar-refractivity contribution < 1.29 is 9.59 Å². The van der Waals surface area contributed by atoms with Gasteiger partial charge in [-0.1, -0.05) is 6.92 Å². The molecule has 0 saturated carbocycles. The number of hydrogen-bond donors (Lipinski definition) is 3. The normalized spacial score (nSPS) is 23.2. The lowest BCUT2D eigenvalue weighted by Gasteiger charge is -2.35. The average Bonchev–Trinajstić information content (AvgIpc) is 2.95. The van der Waals surface area contributed by atoms with Gasteiger partial charge in [0.05, 0.1) is 11.6 Å². The second-order valence-electron chi connectivity index (χ2n) is 6.19. The van der Waals surface area contributed by atoms with Gasteiger partial charge in [-0.05, 0) is 32.4 Å². The van der Waals surface area contributed by atoms with Crippen molar-refractivity contribution in [3.05, 3.63) is 41.9 Å². The van der Waals surface area contributed by atoms with Gasteiger partial charge in [0.25, 0.3) is 5.91 Å². The Hall–Kier alpha value is -2.74. The van der Waals surface area contributed by atoms with E-state index >= 15 is 0 Å². The summed E-state index contributed by atoms with van der Waals surface area (Å²) in [5.74, 6) is 0.158. The maximum absolute atomic E-state index is 12.4. The highest BCUT2D eigenvalue weighted by Gasteiger charge is 2.34. The molecule has 1 fully saturated rings. The molecule has 2 amide bonds. The molecule has 3 atom stereocenters. The van der Waals surface area contributed by atoms with Gasteiger partial charge in [0, 0.05) is 30.1 Å². The molecule has 0 aliphatic carbocycles. The van der Waals surface area contributed by atoms with E-state index in [2.05, 4.69) is 26.0 Å². The second-order valence-corrected chi connectivity index (χ2v) is 6.19. The molecule has 1 aliphatic rings. The third-order valence-corrected chi connectivity index (χ3v) is 4.37. The van der Waals surface area contributed by atoms with Crippen LogP contribution < -0.4 is 16.0 Å². The van der Waals surface area contributed by atoms with Gasteiger partial charge < -0.3 is 10.6 Å². The molecule has 1 aliphatic heterocycles. The quantitative estimate of drug-likeness (QED) is 0.780. The first-order valence-electron chi connectivity index (χ1n) is 8.33. The van der Waals surface area contributed by atoms with E-state index in [1.807, 2.05) is 20.8 Å². The predicted molar refractivity (Wildman–Crippen MR) is 92.7 cm³/mol. The van der Waals surface area contributed by atoms with Crippen LogP contribution in [0.1, 0.15) is 42.6 Å². The van der Waals surface area contributed by atoms with Crippen LogP contribution in [-0.4, -0.2) is 32.6 Å². The first-order valence-corrected chi connectivity index (χ1v) is 8.33. The number of nitrogens with one attached hydrogen (secondary N) is 3. The molecule has 132 valence electrons. The van der Waals surface area contributed by atoms with Gasteiger partial charge in [0.2, 0.25) is 5.91 Å². The number of anilines is 1. The summed E-state index contributed by atoms with van der Waals surface area (Å²) in [5, 5.41) is 13.5. The third-order valence-electron chi connectivity index (χ3n) is 4.37. The highest BCUT2D eigenvalue weighted by atomic mass is 16.2. The van der Waals surface area contributed by atoms with Crippen LogP contribution in [0.3, 0.4) is 0 Å². The minimum absolute atomic E-state index is 0.0111. The molecule has 3 N–H and O–H groups in total. The molecular formula is C17H22N6O2. The Bertz CT molecular complexity index is 773. The largest absolute Gasteiger partial charge is 0.322 e. The van der Waals surface area contributed by atoms with Gasteiger partial charge in [-0.25, -0.2) is 4.68 Å². The summed E-state index contributed by atoms with van der Waals surface area (Å²) < 4.78 is 1.59. The number of aromatic nitrogens is 3. The summed E-state index contributed by atoms with van der Waals surface area (Å²) in [6.45, 7) is 5.80. The zero-order valence-corrected chi connectivity index (χ0v) is 14.5. The number of carbonyl (C=O) groups excluding carboxylic acids is 2. The van der Waals surface area contributed by atoms with E-state index < -0.39 is 6.29 Å². The van der Waals surface area contributed by atoms with E-state index in [-0.39, 0.29) is 23.8 Å². The Labute approximate surface area is 146 Å². The van der Waals surface area contributed by atoms with E-state index in [4.69, 9.17) is 0 Å². The first kappa shape index (κ1) is 17.1. The molecule has 2 aromatic heterocycles. The SMILES string of the molecule is CCC1C(=O)NC(n2nc(C)cc2NC(=O)c2ccncc2)NC1C. The summed E-state index contributed by atoms with van der Waals surface area (Å²) in [7, 11) is 0. The van der Waals surface area contributed by atoms with E-state index in [0.717, 1.165) is 12.1 Å². The second kappa shape index (κ2) is 7.02. The molecule has 3 unspecified atom stereocenters. The molecule has 0 bridgehead atoms. The van der Waals surface area contributed by atoms with Crippen LogP contribution in [0.15, 0.2) is 30.6 Å². The number of nitrogens with zero attached hydrogens (tertiary/aromatic N) is 3. The van der Waals surface area contributed by atoms with Crippen LogP contribution >= 0.6 is 0 Å². The van der Waals surface area contributed by atoms with Gasteiger partial charge in [0.1, 0.15) is 5.82 Å². The van der Waals surface area contributed by atoms with Crippen LogP contribution in [0.5, 0.6) is 0 Å². The molecule has 0 aromatic carbocycles. The minimum atomic E-state index is -0.508. The lowest BCUT2D eigenvalue weighted by atomic mass is 9.95. The van der Waals surface area contributed by atoms with Crippen molar-refractivity contribution in [2.45, 2.75) is 39.5 Å². The Morgan fingerprint density at radius 1 is 1.36 bits per heavy atom. The van der Waals surface area contributed by atoms with Crippen molar-refractivity contribution in [2.75, 3.05) is 5.32 Å². The third kappa shape index (κ3) is 3.53. The number of pyridine rings is 1. The van der Waals surface area contributed by atoms with Crippen molar-refractivity contribution in [2.24, 2.45) is 5.92 Å². The maximum Gasteiger partial charge on any atom is 0.256 e. The van der Waals surface area contributed by atoms with E-state index in [9.17, 15) is 9.59 Å². The molecule has 0 spiro atoms. The van der Waals surface area contributed by atoms with E-state index in [1.165, 1.54) is 0 Å². The van der Waals surface area contributed by atoms with Crippen molar-refractivity contribution in [1.82, 2.24) is 25.4 Å². The lowest BCUT2D eigenvalue weighted by Crippen LogP contribution is -2.57. The Balaban J connectivity index is 1.82. The Kier molecular flexibility index (Phi) is 4.80. The van der Waals surface area contributed by atoms with Gasteiger partial charge >= 0.3 is 0 Å². The first-order chi connectivity index (χ1) is 12.0. The van der Waals surface area contributed by atoms with Gasteiger partial charge in [-0.2, -0.15) is 5.10 Å². The van der Waals surface area contributed by atoms with Crippen LogP contribution in [0.2, 0.25) is 0 Å². The van der Waals surface area contributed by atoms with Crippen molar-refractivity contribution in [1.29, 1.82) is 0 Å². The van der Waals surface area contributed by atoms with Crippen molar-refractivity contribution in [3.63, 3.8) is 0 Å². The summed E-state index contributed by atoms with van der Waals surface area (Å²) in [6, 6.07) is 5.05. The van der Waals surface area contributed by atoms with Crippen molar-refractivity contribution in [3.8, 4) is 0 Å². The predicted octanol–water partition coefficient (Wildman–Crippen LogP) is 1.43. The fourth-order valence-corrected chi connectivity index (χ4v) is 3.05. The average molecular weight is 342 g/mol. The monoisotopic (exact) mass is 342 g/mol. The van der Waals surface area contributed by atoms with Crippen LogP contribution in [0, 0.1) is 12.8 Å². The van der Waals surface area contributed by atoms with Gasteiger partial charge in [-0.3, -0.25) is 19.9 Å². The summed E-state index contributed by atoms with van der Waals surface area (Å²) in [6.07, 6.45) is 3.38. The standard InChI is InChI=1S/C17H22N6O2/c1-4-13-11(3)19-17(21-16(13)25)23-14(9-10(2)22-23)20-15(24)12-5-7-18-8-6-12/h5-9,11,13,17,19H,4H2,1-3H3,(H,20,24)(H,21,25). The molecule has 1 saturated heterocycles. The Morgan fingerprint density at radius 3 is 2.72 bits per heavy atom. The fourth-order valence-electron chi connectivity index (χ4n) is 3.05. The molecule has 8 nitrogen and oxygen atoms in total. The zero-order chi connectivity index (χ0) is 18.0. The molecule has 3 rings (SSSR count). The molecule has 3 heterocycles. The van der Waals surface area contributed by atoms with Crippen molar-refractivity contribution >= 4 is 17.6 Å². The topological polar surface area (TPSA) is 101 Å². The fraction of sp³-hybridized carbons (Fsp3) is 0.412. The smallest absolute Gasteiger partial charge is 0.256 e. The number of rotatable bonds is 4. The van der Waals surface area contributed by atoms with Gasteiger partial charge in [-0.15, -0.1) is 0 Å². The molecule has 25 heavy (non-hydrogen) atoms. The van der Waals surface area contributed by atoms with Crippen LogP contribution in [0.4, 0.5) is 5.82 Å². The molecular weight excluding hydrogens is 320 g/mol. The number of carbonyl (C=O) groups is 2. The minimum Gasteiger partial charge on any atom is -0.322 e. The Morgan fingerprint density at radius 2 is 2.08 bits per heavy atom. The zero-order valence-electron chi connectivity index (χ0n) is 14.5. The molecule has 0 radical (unpaired) electrons. The summed E-state index contributed by atoms with van der Waals surface area (Å²) in [4.78, 5) is 28.6. The number of amides is 2. The highest BCUT2D eigenvalue weighted by molar-refractivity contribution is 6.03. The molecule has 2 aromatic rings. The lowest BCUT2D eigenvalue weighted by molar-refractivity contribution is -0.130. The van der Waals surface area contributed by atoms with E-state index in [1.54, 1.807) is 35.3 Å². The van der Waals surface area contributed by atoms with Gasteiger partial charge in [0.15, 0.2) is 6.29 Å². The molecule has 8 heteroatoms. The van der Waals surface area contributed by atoms with Crippen LogP contribution in [-0.2, 0) is 4.79 Å². The number of aryl methyl sites for hydroxylation is 1. The number of hydrogen-bond acceptors (Lipinski definition) is 5. The van der Waals surface area contributed by atoms with E-state index in [0.29, 0.717) is 11.4 Å².